The second-order valence-electron chi connectivity index (χ2n) is 11.2. The SMILES string of the molecule is CC(C)c1ccccc1.CCC.CNCCNC(C(=O)N(C)C/C=C(\C)C(=O)N1CCCC1)C(C)(C)C. The molecule has 1 saturated heterocycles. The van der Waals surface area contributed by atoms with Crippen LogP contribution in [0.5, 0.6) is 0 Å². The molecule has 1 aromatic rings. The largest absolute Gasteiger partial charge is 0.341 e. The number of likely N-dealkylation sites (tertiary alicyclic amines) is 1. The molecule has 0 aliphatic carbocycles. The van der Waals surface area contributed by atoms with E-state index in [1.165, 1.54) is 12.0 Å². The summed E-state index contributed by atoms with van der Waals surface area (Å²) in [5, 5.41) is 6.43. The smallest absolute Gasteiger partial charge is 0.249 e. The van der Waals surface area contributed by atoms with Gasteiger partial charge in [-0.15, -0.1) is 0 Å². The summed E-state index contributed by atoms with van der Waals surface area (Å²) in [5.41, 5.74) is 1.96. The summed E-state index contributed by atoms with van der Waals surface area (Å²) < 4.78 is 0. The van der Waals surface area contributed by atoms with Gasteiger partial charge in [-0.05, 0) is 43.7 Å². The number of rotatable bonds is 9. The zero-order chi connectivity index (χ0) is 28.4. The van der Waals surface area contributed by atoms with Crippen molar-refractivity contribution in [2.75, 3.05) is 46.8 Å². The second kappa shape index (κ2) is 19.0. The minimum atomic E-state index is -0.256. The zero-order valence-electron chi connectivity index (χ0n) is 25.5. The Kier molecular flexibility index (Phi) is 17.9. The molecule has 1 atom stereocenters. The molecule has 1 fully saturated rings. The van der Waals surface area contributed by atoms with Crippen molar-refractivity contribution >= 4 is 11.8 Å². The van der Waals surface area contributed by atoms with Crippen LogP contribution in [0, 0.1) is 5.41 Å². The van der Waals surface area contributed by atoms with E-state index in [1.54, 1.807) is 11.9 Å². The van der Waals surface area contributed by atoms with E-state index >= 15 is 0 Å². The minimum Gasteiger partial charge on any atom is -0.341 e. The molecule has 6 nitrogen and oxygen atoms in total. The van der Waals surface area contributed by atoms with E-state index in [1.807, 2.05) is 31.0 Å². The maximum atomic E-state index is 12.8. The van der Waals surface area contributed by atoms with Gasteiger partial charge < -0.3 is 20.4 Å². The van der Waals surface area contributed by atoms with E-state index in [0.717, 1.165) is 44.6 Å². The number of carbonyl (C=O) groups is 2. The number of likely N-dealkylation sites (N-methyl/N-ethyl adjacent to an activating group) is 2. The first-order chi connectivity index (χ1) is 17.4. The average Bonchev–Trinajstić information content (AvgIpc) is 3.40. The van der Waals surface area contributed by atoms with Crippen molar-refractivity contribution in [1.29, 1.82) is 0 Å². The first-order valence-corrected chi connectivity index (χ1v) is 14.0. The van der Waals surface area contributed by atoms with Crippen molar-refractivity contribution in [2.45, 2.75) is 86.6 Å². The van der Waals surface area contributed by atoms with Crippen molar-refractivity contribution in [2.24, 2.45) is 5.41 Å². The topological polar surface area (TPSA) is 64.7 Å². The van der Waals surface area contributed by atoms with E-state index in [0.29, 0.717) is 12.5 Å². The Morgan fingerprint density at radius 2 is 1.59 bits per heavy atom. The van der Waals surface area contributed by atoms with Gasteiger partial charge in [-0.2, -0.15) is 0 Å². The summed E-state index contributed by atoms with van der Waals surface area (Å²) >= 11 is 0. The van der Waals surface area contributed by atoms with Gasteiger partial charge in [0.15, 0.2) is 0 Å². The molecule has 2 N–H and O–H groups in total. The fraction of sp³-hybridized carbons (Fsp3) is 0.677. The predicted octanol–water partition coefficient (Wildman–Crippen LogP) is 5.46. The molecule has 2 amide bonds. The molecule has 37 heavy (non-hydrogen) atoms. The Morgan fingerprint density at radius 3 is 2.03 bits per heavy atom. The van der Waals surface area contributed by atoms with Crippen LogP contribution < -0.4 is 10.6 Å². The maximum absolute atomic E-state index is 12.8. The third-order valence-electron chi connectivity index (χ3n) is 6.08. The molecule has 2 rings (SSSR count). The molecule has 1 aliphatic rings. The Morgan fingerprint density at radius 1 is 1.05 bits per heavy atom. The summed E-state index contributed by atoms with van der Waals surface area (Å²) in [6, 6.07) is 10.3. The van der Waals surface area contributed by atoms with Crippen molar-refractivity contribution in [3.8, 4) is 0 Å². The minimum absolute atomic E-state index is 0.0567. The highest BCUT2D eigenvalue weighted by atomic mass is 16.2. The third kappa shape index (κ3) is 14.4. The van der Waals surface area contributed by atoms with Gasteiger partial charge in [0.05, 0.1) is 6.04 Å². The lowest BCUT2D eigenvalue weighted by Gasteiger charge is -2.33. The standard InChI is InChI=1S/C19H36N4O2.C9H12.C3H8/c1-15(17(24)23-12-7-8-13-23)9-14-22(6)18(25)16(19(2,3)4)21-11-10-20-5;1-8(2)9-6-4-3-5-7-9;1-3-2/h9,16,20-21H,7-8,10-14H2,1-6H3;3-8H,1-2H3;3H2,1-2H3/b15-9+;;. The Labute approximate surface area is 228 Å². The lowest BCUT2D eigenvalue weighted by atomic mass is 9.85. The monoisotopic (exact) mass is 516 g/mol. The highest BCUT2D eigenvalue weighted by Crippen LogP contribution is 2.21. The molecular formula is C31H56N4O2. The first-order valence-electron chi connectivity index (χ1n) is 14.0. The van der Waals surface area contributed by atoms with Crippen LogP contribution in [0.1, 0.15) is 86.1 Å². The molecule has 0 saturated carbocycles. The van der Waals surface area contributed by atoms with E-state index in [9.17, 15) is 9.59 Å². The van der Waals surface area contributed by atoms with E-state index in [2.05, 4.69) is 83.4 Å². The number of nitrogens with one attached hydrogen (secondary N) is 2. The van der Waals surface area contributed by atoms with Gasteiger partial charge in [0.1, 0.15) is 0 Å². The van der Waals surface area contributed by atoms with E-state index in [4.69, 9.17) is 0 Å². The van der Waals surface area contributed by atoms with Gasteiger partial charge in [-0.3, -0.25) is 9.59 Å². The van der Waals surface area contributed by atoms with Gasteiger partial charge >= 0.3 is 0 Å². The molecule has 1 unspecified atom stereocenters. The Hall–Kier alpha value is -2.18. The van der Waals surface area contributed by atoms with Crippen LogP contribution in [0.2, 0.25) is 0 Å². The molecule has 6 heteroatoms. The van der Waals surface area contributed by atoms with Crippen LogP contribution >= 0.6 is 0 Å². The van der Waals surface area contributed by atoms with Crippen LogP contribution in [-0.4, -0.2) is 74.5 Å². The van der Waals surface area contributed by atoms with Gasteiger partial charge in [-0.25, -0.2) is 0 Å². The quantitative estimate of drug-likeness (QED) is 0.338. The number of hydrogen-bond acceptors (Lipinski definition) is 4. The van der Waals surface area contributed by atoms with Crippen molar-refractivity contribution in [3.63, 3.8) is 0 Å². The van der Waals surface area contributed by atoms with Crippen LogP contribution in [0.15, 0.2) is 42.0 Å². The molecule has 1 heterocycles. The number of carbonyl (C=O) groups excluding carboxylic acids is 2. The number of benzene rings is 1. The van der Waals surface area contributed by atoms with Gasteiger partial charge in [0.25, 0.3) is 0 Å². The predicted molar refractivity (Wildman–Crippen MR) is 159 cm³/mol. The first kappa shape index (κ1) is 34.8. The molecule has 0 aromatic heterocycles. The second-order valence-corrected chi connectivity index (χ2v) is 11.2. The highest BCUT2D eigenvalue weighted by Gasteiger charge is 2.32. The highest BCUT2D eigenvalue weighted by molar-refractivity contribution is 5.93. The lowest BCUT2D eigenvalue weighted by molar-refractivity contribution is -0.134. The third-order valence-corrected chi connectivity index (χ3v) is 6.08. The van der Waals surface area contributed by atoms with Crippen LogP contribution in [0.25, 0.3) is 0 Å². The maximum Gasteiger partial charge on any atom is 0.249 e. The molecule has 1 aromatic carbocycles. The Bertz CT molecular complexity index is 778. The normalized spacial score (nSPS) is 14.4. The van der Waals surface area contributed by atoms with Crippen molar-refractivity contribution < 1.29 is 9.59 Å². The molecule has 0 radical (unpaired) electrons. The van der Waals surface area contributed by atoms with Gasteiger partial charge in [-0.1, -0.05) is 91.3 Å². The summed E-state index contributed by atoms with van der Waals surface area (Å²) in [4.78, 5) is 28.8. The van der Waals surface area contributed by atoms with E-state index in [-0.39, 0.29) is 23.3 Å². The number of nitrogens with zero attached hydrogens (tertiary/aromatic N) is 2. The number of hydrogen-bond donors (Lipinski definition) is 2. The van der Waals surface area contributed by atoms with Crippen molar-refractivity contribution in [3.05, 3.63) is 47.5 Å². The molecule has 0 bridgehead atoms. The summed E-state index contributed by atoms with van der Waals surface area (Å²) in [7, 11) is 3.69. The molecule has 212 valence electrons. The molecule has 0 spiro atoms. The van der Waals surface area contributed by atoms with Crippen LogP contribution in [0.3, 0.4) is 0 Å². The van der Waals surface area contributed by atoms with Gasteiger partial charge in [0, 0.05) is 45.3 Å². The average molecular weight is 517 g/mol. The number of amides is 2. The molecular weight excluding hydrogens is 460 g/mol. The lowest BCUT2D eigenvalue weighted by Crippen LogP contribution is -2.53. The van der Waals surface area contributed by atoms with Gasteiger partial charge in [0.2, 0.25) is 11.8 Å². The fourth-order valence-corrected chi connectivity index (χ4v) is 3.78. The van der Waals surface area contributed by atoms with Crippen LogP contribution in [0.4, 0.5) is 0 Å². The molecule has 1 aliphatic heterocycles. The Balaban J connectivity index is 0.000000887. The van der Waals surface area contributed by atoms with Crippen molar-refractivity contribution in [1.82, 2.24) is 20.4 Å². The summed E-state index contributed by atoms with van der Waals surface area (Å²) in [6.07, 6.45) is 5.29. The fourth-order valence-electron chi connectivity index (χ4n) is 3.78. The van der Waals surface area contributed by atoms with E-state index < -0.39 is 0 Å². The summed E-state index contributed by atoms with van der Waals surface area (Å²) in [6.45, 7) is 20.4. The summed E-state index contributed by atoms with van der Waals surface area (Å²) in [5.74, 6) is 0.811. The zero-order valence-corrected chi connectivity index (χ0v) is 25.5. The van der Waals surface area contributed by atoms with Crippen LogP contribution in [-0.2, 0) is 9.59 Å².